The van der Waals surface area contributed by atoms with E-state index in [4.69, 9.17) is 0 Å². The smallest absolute Gasteiger partial charge is 0.243 e. The molecule has 1 aliphatic heterocycles. The number of benzene rings is 2. The molecule has 1 fully saturated rings. The van der Waals surface area contributed by atoms with Crippen molar-refractivity contribution in [2.45, 2.75) is 37.0 Å². The van der Waals surface area contributed by atoms with Gasteiger partial charge in [-0.25, -0.2) is 8.42 Å². The van der Waals surface area contributed by atoms with Crippen LogP contribution >= 0.6 is 0 Å². The monoisotopic (exact) mass is 372 g/mol. The molecular weight excluding hydrogens is 348 g/mol. The first kappa shape index (κ1) is 18.6. The highest BCUT2D eigenvalue weighted by Crippen LogP contribution is 2.23. The van der Waals surface area contributed by atoms with Gasteiger partial charge in [0.1, 0.15) is 0 Å². The summed E-state index contributed by atoms with van der Waals surface area (Å²) in [5, 5.41) is 2.81. The molecular formula is C20H24N2O3S. The molecule has 0 unspecified atom stereocenters. The molecule has 2 aromatic rings. The molecule has 0 spiro atoms. The van der Waals surface area contributed by atoms with E-state index in [1.165, 1.54) is 4.31 Å². The minimum Gasteiger partial charge on any atom is -0.326 e. The van der Waals surface area contributed by atoms with Gasteiger partial charge in [0.05, 0.1) is 4.90 Å². The molecule has 0 saturated carbocycles. The van der Waals surface area contributed by atoms with E-state index in [9.17, 15) is 13.2 Å². The SMILES string of the molecule is O=C(CCc1ccccc1)Nc1cccc(S(=O)(=O)N2CCCCC2)c1. The maximum absolute atomic E-state index is 12.7. The normalized spacial score (nSPS) is 15.5. The molecule has 0 atom stereocenters. The zero-order chi connectivity index (χ0) is 18.4. The van der Waals surface area contributed by atoms with Crippen LogP contribution in [0, 0.1) is 0 Å². The van der Waals surface area contributed by atoms with E-state index in [0.29, 0.717) is 31.6 Å². The summed E-state index contributed by atoms with van der Waals surface area (Å²) in [4.78, 5) is 12.4. The lowest BCUT2D eigenvalue weighted by molar-refractivity contribution is -0.116. The fraction of sp³-hybridized carbons (Fsp3) is 0.350. The Morgan fingerprint density at radius 2 is 1.69 bits per heavy atom. The Kier molecular flexibility index (Phi) is 6.06. The number of carbonyl (C=O) groups excluding carboxylic acids is 1. The third-order valence-corrected chi connectivity index (χ3v) is 6.45. The van der Waals surface area contributed by atoms with Gasteiger partial charge in [0, 0.05) is 25.2 Å². The van der Waals surface area contributed by atoms with Crippen molar-refractivity contribution in [1.82, 2.24) is 4.31 Å². The molecule has 138 valence electrons. The molecule has 1 N–H and O–H groups in total. The maximum atomic E-state index is 12.7. The van der Waals surface area contributed by atoms with Crippen LogP contribution in [0.1, 0.15) is 31.2 Å². The fourth-order valence-electron chi connectivity index (χ4n) is 3.11. The van der Waals surface area contributed by atoms with Crippen LogP contribution in [0.4, 0.5) is 5.69 Å². The summed E-state index contributed by atoms with van der Waals surface area (Å²) in [5.41, 5.74) is 1.62. The van der Waals surface area contributed by atoms with Crippen LogP contribution in [0.3, 0.4) is 0 Å². The van der Waals surface area contributed by atoms with Crippen molar-refractivity contribution in [2.24, 2.45) is 0 Å². The first-order chi connectivity index (χ1) is 12.6. The Hall–Kier alpha value is -2.18. The predicted octanol–water partition coefficient (Wildman–Crippen LogP) is 3.43. The average molecular weight is 372 g/mol. The molecule has 1 aliphatic rings. The molecule has 5 nitrogen and oxygen atoms in total. The number of hydrogen-bond acceptors (Lipinski definition) is 3. The van der Waals surface area contributed by atoms with E-state index >= 15 is 0 Å². The summed E-state index contributed by atoms with van der Waals surface area (Å²) in [7, 11) is -3.49. The number of nitrogens with zero attached hydrogens (tertiary/aromatic N) is 1. The summed E-state index contributed by atoms with van der Waals surface area (Å²) in [6, 6.07) is 16.3. The van der Waals surface area contributed by atoms with Crippen molar-refractivity contribution in [3.63, 3.8) is 0 Å². The van der Waals surface area contributed by atoms with Gasteiger partial charge in [-0.05, 0) is 43.0 Å². The van der Waals surface area contributed by atoms with Crippen LogP contribution in [0.2, 0.25) is 0 Å². The summed E-state index contributed by atoms with van der Waals surface area (Å²) < 4.78 is 27.0. The molecule has 26 heavy (non-hydrogen) atoms. The predicted molar refractivity (Wildman–Crippen MR) is 102 cm³/mol. The van der Waals surface area contributed by atoms with Gasteiger partial charge in [-0.3, -0.25) is 4.79 Å². The van der Waals surface area contributed by atoms with E-state index < -0.39 is 10.0 Å². The van der Waals surface area contributed by atoms with E-state index in [2.05, 4.69) is 5.32 Å². The van der Waals surface area contributed by atoms with Gasteiger partial charge in [-0.1, -0.05) is 42.8 Å². The van der Waals surface area contributed by atoms with Crippen molar-refractivity contribution in [1.29, 1.82) is 0 Å². The zero-order valence-electron chi connectivity index (χ0n) is 14.7. The topological polar surface area (TPSA) is 66.5 Å². The van der Waals surface area contributed by atoms with Gasteiger partial charge in [0.25, 0.3) is 0 Å². The fourth-order valence-corrected chi connectivity index (χ4v) is 4.68. The van der Waals surface area contributed by atoms with Crippen molar-refractivity contribution < 1.29 is 13.2 Å². The van der Waals surface area contributed by atoms with E-state index in [0.717, 1.165) is 24.8 Å². The summed E-state index contributed by atoms with van der Waals surface area (Å²) in [5.74, 6) is -0.124. The highest BCUT2D eigenvalue weighted by molar-refractivity contribution is 7.89. The molecule has 3 rings (SSSR count). The van der Waals surface area contributed by atoms with Gasteiger partial charge in [0.15, 0.2) is 0 Å². The van der Waals surface area contributed by atoms with Crippen molar-refractivity contribution in [3.8, 4) is 0 Å². The molecule has 0 radical (unpaired) electrons. The van der Waals surface area contributed by atoms with Gasteiger partial charge >= 0.3 is 0 Å². The largest absolute Gasteiger partial charge is 0.326 e. The Balaban J connectivity index is 1.64. The van der Waals surface area contributed by atoms with Crippen LogP contribution < -0.4 is 5.32 Å². The zero-order valence-corrected chi connectivity index (χ0v) is 15.5. The molecule has 0 aromatic heterocycles. The molecule has 6 heteroatoms. The summed E-state index contributed by atoms with van der Waals surface area (Å²) >= 11 is 0. The van der Waals surface area contributed by atoms with Gasteiger partial charge in [-0.15, -0.1) is 0 Å². The first-order valence-electron chi connectivity index (χ1n) is 9.00. The molecule has 1 heterocycles. The van der Waals surface area contributed by atoms with Gasteiger partial charge < -0.3 is 5.32 Å². The molecule has 0 aliphatic carbocycles. The van der Waals surface area contributed by atoms with E-state index in [1.54, 1.807) is 24.3 Å². The number of amides is 1. The average Bonchev–Trinajstić information content (AvgIpc) is 2.68. The first-order valence-corrected chi connectivity index (χ1v) is 10.4. The standard InChI is InChI=1S/C20H24N2O3S/c23-20(13-12-17-8-3-1-4-9-17)21-18-10-7-11-19(16-18)26(24,25)22-14-5-2-6-15-22/h1,3-4,7-11,16H,2,5-6,12-15H2,(H,21,23). The lowest BCUT2D eigenvalue weighted by Crippen LogP contribution is -2.35. The van der Waals surface area contributed by atoms with Crippen LogP contribution in [-0.2, 0) is 21.2 Å². The van der Waals surface area contributed by atoms with Crippen molar-refractivity contribution in [2.75, 3.05) is 18.4 Å². The third kappa shape index (κ3) is 4.71. The Labute approximate surface area is 155 Å². The van der Waals surface area contributed by atoms with E-state index in [1.807, 2.05) is 30.3 Å². The second-order valence-electron chi connectivity index (χ2n) is 6.53. The van der Waals surface area contributed by atoms with Gasteiger partial charge in [0.2, 0.25) is 15.9 Å². The van der Waals surface area contributed by atoms with Crippen molar-refractivity contribution >= 4 is 21.6 Å². The molecule has 1 amide bonds. The highest BCUT2D eigenvalue weighted by Gasteiger charge is 2.26. The Morgan fingerprint density at radius 3 is 2.42 bits per heavy atom. The number of aryl methyl sites for hydroxylation is 1. The summed E-state index contributed by atoms with van der Waals surface area (Å²) in [6.45, 7) is 1.13. The number of rotatable bonds is 6. The number of nitrogens with one attached hydrogen (secondary N) is 1. The molecule has 0 bridgehead atoms. The Morgan fingerprint density at radius 1 is 0.962 bits per heavy atom. The van der Waals surface area contributed by atoms with E-state index in [-0.39, 0.29) is 10.8 Å². The lowest BCUT2D eigenvalue weighted by atomic mass is 10.1. The number of piperidine rings is 1. The Bertz CT molecular complexity index is 844. The third-order valence-electron chi connectivity index (χ3n) is 4.55. The second kappa shape index (κ2) is 8.47. The van der Waals surface area contributed by atoms with Gasteiger partial charge in [-0.2, -0.15) is 4.31 Å². The summed E-state index contributed by atoms with van der Waals surface area (Å²) in [6.07, 6.45) is 3.87. The quantitative estimate of drug-likeness (QED) is 0.845. The molecule has 2 aromatic carbocycles. The molecule has 1 saturated heterocycles. The van der Waals surface area contributed by atoms with Crippen LogP contribution in [0.15, 0.2) is 59.5 Å². The number of anilines is 1. The van der Waals surface area contributed by atoms with Crippen LogP contribution in [-0.4, -0.2) is 31.7 Å². The van der Waals surface area contributed by atoms with Crippen LogP contribution in [0.25, 0.3) is 0 Å². The number of carbonyl (C=O) groups is 1. The highest BCUT2D eigenvalue weighted by atomic mass is 32.2. The second-order valence-corrected chi connectivity index (χ2v) is 8.46. The maximum Gasteiger partial charge on any atom is 0.243 e. The minimum absolute atomic E-state index is 0.124. The minimum atomic E-state index is -3.49. The number of sulfonamides is 1. The lowest BCUT2D eigenvalue weighted by Gasteiger charge is -2.26. The van der Waals surface area contributed by atoms with Crippen LogP contribution in [0.5, 0.6) is 0 Å². The van der Waals surface area contributed by atoms with Crippen molar-refractivity contribution in [3.05, 3.63) is 60.2 Å². The number of hydrogen-bond donors (Lipinski definition) is 1.